The fraction of sp³-hybridized carbons (Fsp3) is 0.438. The standard InChI is InChI=1S/C16H18N2O6/c1-9(15(17)20)24-16(21)10-6-14(19)18(8-10)11-2-3-12-13(7-11)23-5-4-22-12/h2-3,7,9-10H,4-6,8H2,1H3,(H2,17,20)/t9-,10-/m1/s1. The Balaban J connectivity index is 1.71. The van der Waals surface area contributed by atoms with Crippen molar-refractivity contribution in [2.75, 3.05) is 24.7 Å². The first-order valence-electron chi connectivity index (χ1n) is 7.65. The van der Waals surface area contributed by atoms with Crippen molar-refractivity contribution in [1.82, 2.24) is 0 Å². The molecule has 0 saturated carbocycles. The maximum absolute atomic E-state index is 12.2. The molecule has 0 spiro atoms. The van der Waals surface area contributed by atoms with Crippen LogP contribution < -0.4 is 20.1 Å². The maximum atomic E-state index is 12.2. The van der Waals surface area contributed by atoms with Crippen molar-refractivity contribution < 1.29 is 28.6 Å². The molecule has 0 aromatic heterocycles. The second-order valence-corrected chi connectivity index (χ2v) is 5.71. The summed E-state index contributed by atoms with van der Waals surface area (Å²) in [5.74, 6) is -0.957. The van der Waals surface area contributed by atoms with Gasteiger partial charge in [-0.2, -0.15) is 0 Å². The van der Waals surface area contributed by atoms with E-state index in [0.29, 0.717) is 30.4 Å². The van der Waals surface area contributed by atoms with Gasteiger partial charge in [-0.25, -0.2) is 0 Å². The number of amides is 2. The molecule has 2 N–H and O–H groups in total. The molecule has 2 aliphatic rings. The first-order chi connectivity index (χ1) is 11.5. The number of nitrogens with zero attached hydrogens (tertiary/aromatic N) is 1. The molecular weight excluding hydrogens is 316 g/mol. The maximum Gasteiger partial charge on any atom is 0.312 e. The van der Waals surface area contributed by atoms with Crippen molar-refractivity contribution in [3.8, 4) is 11.5 Å². The second-order valence-electron chi connectivity index (χ2n) is 5.71. The third kappa shape index (κ3) is 3.12. The highest BCUT2D eigenvalue weighted by Gasteiger charge is 2.37. The highest BCUT2D eigenvalue weighted by atomic mass is 16.6. The van der Waals surface area contributed by atoms with Gasteiger partial charge in [-0.05, 0) is 19.1 Å². The van der Waals surface area contributed by atoms with Crippen LogP contribution in [-0.2, 0) is 19.1 Å². The van der Waals surface area contributed by atoms with Crippen LogP contribution in [-0.4, -0.2) is 43.6 Å². The first-order valence-corrected chi connectivity index (χ1v) is 7.65. The highest BCUT2D eigenvalue weighted by Crippen LogP contribution is 2.36. The number of primary amides is 1. The minimum atomic E-state index is -1.02. The van der Waals surface area contributed by atoms with Crippen LogP contribution >= 0.6 is 0 Å². The molecule has 1 fully saturated rings. The van der Waals surface area contributed by atoms with Gasteiger partial charge in [-0.1, -0.05) is 0 Å². The van der Waals surface area contributed by atoms with Crippen LogP contribution in [0.15, 0.2) is 18.2 Å². The molecule has 2 aliphatic heterocycles. The Morgan fingerprint density at radius 1 is 1.29 bits per heavy atom. The molecular formula is C16H18N2O6. The van der Waals surface area contributed by atoms with E-state index < -0.39 is 23.9 Å². The number of carbonyl (C=O) groups is 3. The van der Waals surface area contributed by atoms with Crippen LogP contribution in [0.25, 0.3) is 0 Å². The summed E-state index contributed by atoms with van der Waals surface area (Å²) in [6, 6.07) is 5.19. The van der Waals surface area contributed by atoms with Crippen LogP contribution in [0.1, 0.15) is 13.3 Å². The molecule has 1 aromatic rings. The van der Waals surface area contributed by atoms with Gasteiger partial charge in [0.05, 0.1) is 5.92 Å². The van der Waals surface area contributed by atoms with Crippen molar-refractivity contribution in [2.24, 2.45) is 11.7 Å². The molecule has 0 aliphatic carbocycles. The predicted molar refractivity (Wildman–Crippen MR) is 82.6 cm³/mol. The third-order valence-corrected chi connectivity index (χ3v) is 3.99. The second kappa shape index (κ2) is 6.38. The van der Waals surface area contributed by atoms with Gasteiger partial charge in [0.2, 0.25) is 5.91 Å². The molecule has 128 valence electrons. The third-order valence-electron chi connectivity index (χ3n) is 3.99. The van der Waals surface area contributed by atoms with Gasteiger partial charge >= 0.3 is 5.97 Å². The van der Waals surface area contributed by atoms with Crippen LogP contribution in [0, 0.1) is 5.92 Å². The lowest BCUT2D eigenvalue weighted by molar-refractivity contribution is -0.157. The molecule has 24 heavy (non-hydrogen) atoms. The van der Waals surface area contributed by atoms with Gasteiger partial charge in [-0.3, -0.25) is 14.4 Å². The lowest BCUT2D eigenvalue weighted by atomic mass is 10.1. The summed E-state index contributed by atoms with van der Waals surface area (Å²) in [6.45, 7) is 2.52. The molecule has 0 radical (unpaired) electrons. The number of anilines is 1. The van der Waals surface area contributed by atoms with Gasteiger partial charge in [0, 0.05) is 24.7 Å². The number of rotatable bonds is 4. The Morgan fingerprint density at radius 2 is 2.00 bits per heavy atom. The number of benzene rings is 1. The summed E-state index contributed by atoms with van der Waals surface area (Å²) in [5.41, 5.74) is 5.70. The number of hydrogen-bond acceptors (Lipinski definition) is 6. The molecule has 1 aromatic carbocycles. The van der Waals surface area contributed by atoms with E-state index in [9.17, 15) is 14.4 Å². The number of carbonyl (C=O) groups excluding carboxylic acids is 3. The Hall–Kier alpha value is -2.77. The van der Waals surface area contributed by atoms with E-state index >= 15 is 0 Å². The van der Waals surface area contributed by atoms with Crippen molar-refractivity contribution >= 4 is 23.5 Å². The number of nitrogens with two attached hydrogens (primary N) is 1. The number of ether oxygens (including phenoxy) is 3. The monoisotopic (exact) mass is 334 g/mol. The van der Waals surface area contributed by atoms with Crippen molar-refractivity contribution in [2.45, 2.75) is 19.4 Å². The minimum Gasteiger partial charge on any atom is -0.486 e. The number of esters is 1. The van der Waals surface area contributed by atoms with E-state index in [1.165, 1.54) is 11.8 Å². The Kier molecular flexibility index (Phi) is 4.28. The summed E-state index contributed by atoms with van der Waals surface area (Å²) < 4.78 is 15.9. The average Bonchev–Trinajstić information content (AvgIpc) is 2.96. The fourth-order valence-corrected chi connectivity index (χ4v) is 2.64. The van der Waals surface area contributed by atoms with Crippen LogP contribution in [0.2, 0.25) is 0 Å². The van der Waals surface area contributed by atoms with Crippen molar-refractivity contribution in [3.63, 3.8) is 0 Å². The normalized spacial score (nSPS) is 20.6. The molecule has 1 saturated heterocycles. The predicted octanol–water partition coefficient (Wildman–Crippen LogP) is 0.228. The SMILES string of the molecule is C[C@@H](OC(=O)[C@@H]1CC(=O)N(c2ccc3c(c2)OCCO3)C1)C(N)=O. The topological polar surface area (TPSA) is 108 Å². The summed E-state index contributed by atoms with van der Waals surface area (Å²) in [4.78, 5) is 36.8. The largest absolute Gasteiger partial charge is 0.486 e. The molecule has 2 amide bonds. The van der Waals surface area contributed by atoms with E-state index in [4.69, 9.17) is 19.9 Å². The Labute approximate surface area is 138 Å². The fourth-order valence-electron chi connectivity index (χ4n) is 2.64. The van der Waals surface area contributed by atoms with Crippen LogP contribution in [0.5, 0.6) is 11.5 Å². The van der Waals surface area contributed by atoms with Gasteiger partial charge < -0.3 is 24.8 Å². The van der Waals surface area contributed by atoms with Gasteiger partial charge in [-0.15, -0.1) is 0 Å². The molecule has 0 bridgehead atoms. The quantitative estimate of drug-likeness (QED) is 0.790. The van der Waals surface area contributed by atoms with E-state index in [-0.39, 0.29) is 18.9 Å². The molecule has 8 nitrogen and oxygen atoms in total. The molecule has 0 unspecified atom stereocenters. The highest BCUT2D eigenvalue weighted by molar-refractivity contribution is 6.00. The van der Waals surface area contributed by atoms with E-state index in [2.05, 4.69) is 0 Å². The minimum absolute atomic E-state index is 0.0265. The molecule has 8 heteroatoms. The van der Waals surface area contributed by atoms with Crippen molar-refractivity contribution in [3.05, 3.63) is 18.2 Å². The zero-order valence-electron chi connectivity index (χ0n) is 13.2. The first kappa shape index (κ1) is 16.1. The van der Waals surface area contributed by atoms with Crippen molar-refractivity contribution in [1.29, 1.82) is 0 Å². The van der Waals surface area contributed by atoms with Gasteiger partial charge in [0.25, 0.3) is 5.91 Å². The average molecular weight is 334 g/mol. The van der Waals surface area contributed by atoms with Crippen LogP contribution in [0.3, 0.4) is 0 Å². The summed E-state index contributed by atoms with van der Waals surface area (Å²) >= 11 is 0. The molecule has 2 heterocycles. The van der Waals surface area contributed by atoms with Gasteiger partial charge in [0.1, 0.15) is 13.2 Å². The van der Waals surface area contributed by atoms with E-state index in [0.717, 1.165) is 0 Å². The zero-order chi connectivity index (χ0) is 17.3. The Morgan fingerprint density at radius 3 is 2.71 bits per heavy atom. The van der Waals surface area contributed by atoms with Gasteiger partial charge in [0.15, 0.2) is 17.6 Å². The summed E-state index contributed by atoms with van der Waals surface area (Å²) in [7, 11) is 0. The molecule has 3 rings (SSSR count). The lowest BCUT2D eigenvalue weighted by Crippen LogP contribution is -2.33. The summed E-state index contributed by atoms with van der Waals surface area (Å²) in [6.07, 6.45) is -0.991. The van der Waals surface area contributed by atoms with Crippen LogP contribution in [0.4, 0.5) is 5.69 Å². The number of fused-ring (bicyclic) bond motifs is 1. The molecule has 2 atom stereocenters. The number of hydrogen-bond donors (Lipinski definition) is 1. The zero-order valence-corrected chi connectivity index (χ0v) is 13.2. The van der Waals surface area contributed by atoms with E-state index in [1.54, 1.807) is 18.2 Å². The lowest BCUT2D eigenvalue weighted by Gasteiger charge is -2.22. The van der Waals surface area contributed by atoms with E-state index in [1.807, 2.05) is 0 Å². The Bertz CT molecular complexity index is 689. The smallest absolute Gasteiger partial charge is 0.312 e. The summed E-state index contributed by atoms with van der Waals surface area (Å²) in [5, 5.41) is 0.